The molecule has 1 aromatic carbocycles. The molecule has 0 saturated carbocycles. The summed E-state index contributed by atoms with van der Waals surface area (Å²) in [5.41, 5.74) is 5.85. The lowest BCUT2D eigenvalue weighted by molar-refractivity contribution is -0.119. The van der Waals surface area contributed by atoms with Crippen LogP contribution in [0, 0.1) is 5.82 Å². The predicted octanol–water partition coefficient (Wildman–Crippen LogP) is 1.39. The molecular formula is C14H17ClFN3O2S. The highest BCUT2D eigenvalue weighted by Crippen LogP contribution is 2.25. The molecule has 1 aliphatic rings. The summed E-state index contributed by atoms with van der Waals surface area (Å²) < 4.78 is 13.2. The van der Waals surface area contributed by atoms with Crippen LogP contribution in [0.4, 0.5) is 10.1 Å². The van der Waals surface area contributed by atoms with E-state index >= 15 is 0 Å². The van der Waals surface area contributed by atoms with Gasteiger partial charge >= 0.3 is 0 Å². The average molecular weight is 346 g/mol. The first-order valence-electron chi connectivity index (χ1n) is 6.81. The number of carbonyl (C=O) groups excluding carboxylic acids is 2. The van der Waals surface area contributed by atoms with Crippen LogP contribution in [0.5, 0.6) is 0 Å². The molecule has 22 heavy (non-hydrogen) atoms. The Balaban J connectivity index is 1.81. The number of benzene rings is 1. The van der Waals surface area contributed by atoms with E-state index in [1.54, 1.807) is 12.1 Å². The zero-order chi connectivity index (χ0) is 16.1. The van der Waals surface area contributed by atoms with Crippen LogP contribution in [0.2, 0.25) is 5.02 Å². The molecule has 1 unspecified atom stereocenters. The van der Waals surface area contributed by atoms with E-state index in [0.29, 0.717) is 6.54 Å². The van der Waals surface area contributed by atoms with Crippen molar-refractivity contribution in [3.05, 3.63) is 29.0 Å². The lowest BCUT2D eigenvalue weighted by Gasteiger charge is -2.19. The summed E-state index contributed by atoms with van der Waals surface area (Å²) in [6.45, 7) is 1.41. The van der Waals surface area contributed by atoms with E-state index in [2.05, 4.69) is 5.32 Å². The third kappa shape index (κ3) is 4.78. The molecule has 1 atom stereocenters. The number of nitrogens with one attached hydrogen (secondary N) is 1. The van der Waals surface area contributed by atoms with Crippen molar-refractivity contribution in [1.82, 2.24) is 5.32 Å². The Morgan fingerprint density at radius 2 is 2.23 bits per heavy atom. The standard InChI is InChI=1S/C14H17ClFN3O2S/c15-11-5-10(1-2-12(11)16)19-4-3-9(6-19)18-14(21)8-22-7-13(17)20/h1-2,5,9H,3-4,6-8H2,(H2,17,20)(H,18,21). The van der Waals surface area contributed by atoms with Crippen molar-refractivity contribution in [2.75, 3.05) is 29.5 Å². The Bertz CT molecular complexity index is 573. The van der Waals surface area contributed by atoms with Crippen LogP contribution < -0.4 is 16.0 Å². The van der Waals surface area contributed by atoms with Crippen LogP contribution in [-0.2, 0) is 9.59 Å². The van der Waals surface area contributed by atoms with Crippen molar-refractivity contribution in [3.8, 4) is 0 Å². The third-order valence-electron chi connectivity index (χ3n) is 3.30. The minimum Gasteiger partial charge on any atom is -0.369 e. The molecule has 8 heteroatoms. The minimum atomic E-state index is -0.444. The summed E-state index contributed by atoms with van der Waals surface area (Å²) in [5.74, 6) is -0.644. The lowest BCUT2D eigenvalue weighted by Crippen LogP contribution is -2.38. The third-order valence-corrected chi connectivity index (χ3v) is 4.54. The first kappa shape index (κ1) is 16.9. The second kappa shape index (κ2) is 7.69. The van der Waals surface area contributed by atoms with Crippen LogP contribution in [0.25, 0.3) is 0 Å². The number of anilines is 1. The van der Waals surface area contributed by atoms with Gasteiger partial charge in [-0.25, -0.2) is 4.39 Å². The SMILES string of the molecule is NC(=O)CSCC(=O)NC1CCN(c2ccc(F)c(Cl)c2)C1. The van der Waals surface area contributed by atoms with Gasteiger partial charge in [0.25, 0.3) is 0 Å². The van der Waals surface area contributed by atoms with E-state index in [0.717, 1.165) is 18.7 Å². The van der Waals surface area contributed by atoms with Gasteiger partial charge in [0.15, 0.2) is 0 Å². The molecule has 1 saturated heterocycles. The van der Waals surface area contributed by atoms with E-state index in [1.807, 2.05) is 4.90 Å². The zero-order valence-electron chi connectivity index (χ0n) is 11.9. The van der Waals surface area contributed by atoms with Gasteiger partial charge in [0.05, 0.1) is 16.5 Å². The van der Waals surface area contributed by atoms with E-state index in [1.165, 1.54) is 17.8 Å². The summed E-state index contributed by atoms with van der Waals surface area (Å²) in [4.78, 5) is 24.4. The van der Waals surface area contributed by atoms with Crippen molar-refractivity contribution in [2.45, 2.75) is 12.5 Å². The molecule has 0 bridgehead atoms. The highest BCUT2D eigenvalue weighted by molar-refractivity contribution is 8.00. The van der Waals surface area contributed by atoms with E-state index in [9.17, 15) is 14.0 Å². The van der Waals surface area contributed by atoms with E-state index in [-0.39, 0.29) is 28.5 Å². The Morgan fingerprint density at radius 3 is 2.91 bits per heavy atom. The van der Waals surface area contributed by atoms with Crippen molar-refractivity contribution in [2.24, 2.45) is 5.73 Å². The molecule has 1 fully saturated rings. The van der Waals surface area contributed by atoms with Gasteiger partial charge in [0.2, 0.25) is 11.8 Å². The van der Waals surface area contributed by atoms with Crippen LogP contribution in [0.3, 0.4) is 0 Å². The molecule has 5 nitrogen and oxygen atoms in total. The van der Waals surface area contributed by atoms with Gasteiger partial charge in [-0.3, -0.25) is 9.59 Å². The van der Waals surface area contributed by atoms with Crippen molar-refractivity contribution in [3.63, 3.8) is 0 Å². The Labute approximate surface area is 137 Å². The number of hydrogen-bond acceptors (Lipinski definition) is 4. The van der Waals surface area contributed by atoms with Gasteiger partial charge in [-0.05, 0) is 24.6 Å². The smallest absolute Gasteiger partial charge is 0.230 e. The minimum absolute atomic E-state index is 0.0329. The van der Waals surface area contributed by atoms with Gasteiger partial charge in [-0.15, -0.1) is 11.8 Å². The number of rotatable bonds is 6. The first-order valence-corrected chi connectivity index (χ1v) is 8.34. The van der Waals surface area contributed by atoms with Gasteiger partial charge in [0, 0.05) is 24.8 Å². The molecule has 1 aliphatic heterocycles. The number of hydrogen-bond donors (Lipinski definition) is 2. The topological polar surface area (TPSA) is 75.4 Å². The maximum absolute atomic E-state index is 13.2. The average Bonchev–Trinajstić information content (AvgIpc) is 2.90. The van der Waals surface area contributed by atoms with Crippen LogP contribution in [0.1, 0.15) is 6.42 Å². The van der Waals surface area contributed by atoms with E-state index in [4.69, 9.17) is 17.3 Å². The number of carbonyl (C=O) groups is 2. The molecule has 0 aliphatic carbocycles. The molecule has 1 heterocycles. The maximum atomic E-state index is 13.2. The fraction of sp³-hybridized carbons (Fsp3) is 0.429. The van der Waals surface area contributed by atoms with Crippen molar-refractivity contribution < 1.29 is 14.0 Å². The Kier molecular flexibility index (Phi) is 5.90. The highest BCUT2D eigenvalue weighted by atomic mass is 35.5. The number of thioether (sulfide) groups is 1. The van der Waals surface area contributed by atoms with Gasteiger partial charge in [-0.1, -0.05) is 11.6 Å². The molecule has 2 rings (SSSR count). The quantitative estimate of drug-likeness (QED) is 0.817. The summed E-state index contributed by atoms with van der Waals surface area (Å²) in [6.07, 6.45) is 0.807. The van der Waals surface area contributed by atoms with E-state index < -0.39 is 11.7 Å². The van der Waals surface area contributed by atoms with Crippen LogP contribution in [0.15, 0.2) is 18.2 Å². The maximum Gasteiger partial charge on any atom is 0.230 e. The molecule has 0 radical (unpaired) electrons. The van der Waals surface area contributed by atoms with Gasteiger partial charge in [-0.2, -0.15) is 0 Å². The molecule has 2 amide bonds. The summed E-state index contributed by atoms with van der Waals surface area (Å²) in [6, 6.07) is 4.63. The second-order valence-corrected chi connectivity index (χ2v) is 6.45. The highest BCUT2D eigenvalue weighted by Gasteiger charge is 2.24. The summed E-state index contributed by atoms with van der Waals surface area (Å²) >= 11 is 6.98. The monoisotopic (exact) mass is 345 g/mol. The molecule has 0 spiro atoms. The van der Waals surface area contributed by atoms with Crippen LogP contribution in [-0.4, -0.2) is 42.5 Å². The zero-order valence-corrected chi connectivity index (χ0v) is 13.4. The lowest BCUT2D eigenvalue weighted by atomic mass is 10.2. The molecule has 120 valence electrons. The Morgan fingerprint density at radius 1 is 1.45 bits per heavy atom. The molecular weight excluding hydrogens is 329 g/mol. The van der Waals surface area contributed by atoms with Crippen molar-refractivity contribution in [1.29, 1.82) is 0 Å². The fourth-order valence-corrected chi connectivity index (χ4v) is 3.05. The number of halogens is 2. The number of nitrogens with two attached hydrogens (primary N) is 1. The van der Waals surface area contributed by atoms with Gasteiger partial charge in [0.1, 0.15) is 5.82 Å². The summed E-state index contributed by atoms with van der Waals surface area (Å²) in [7, 11) is 0. The number of nitrogens with zero attached hydrogens (tertiary/aromatic N) is 1. The van der Waals surface area contributed by atoms with Crippen LogP contribution >= 0.6 is 23.4 Å². The normalized spacial score (nSPS) is 17.5. The largest absolute Gasteiger partial charge is 0.369 e. The van der Waals surface area contributed by atoms with Crippen molar-refractivity contribution >= 4 is 40.9 Å². The summed E-state index contributed by atoms with van der Waals surface area (Å²) in [5, 5.41) is 3.01. The number of amides is 2. The predicted molar refractivity (Wildman–Crippen MR) is 86.7 cm³/mol. The Hall–Kier alpha value is -1.47. The number of primary amides is 1. The molecule has 3 N–H and O–H groups in total. The van der Waals surface area contributed by atoms with Gasteiger partial charge < -0.3 is 16.0 Å². The fourth-order valence-electron chi connectivity index (χ4n) is 2.31. The molecule has 0 aromatic heterocycles. The first-order chi connectivity index (χ1) is 10.5. The second-order valence-electron chi connectivity index (χ2n) is 5.06. The molecule has 1 aromatic rings.